The molecule has 1 aromatic heterocycles. The molecule has 6 nitrogen and oxygen atoms in total. The first-order valence-electron chi connectivity index (χ1n) is 12.6. The molecule has 1 fully saturated rings. The van der Waals surface area contributed by atoms with E-state index in [-0.39, 0.29) is 23.5 Å². The lowest BCUT2D eigenvalue weighted by Crippen LogP contribution is -2.26. The summed E-state index contributed by atoms with van der Waals surface area (Å²) in [6, 6.07) is 20.5. The first kappa shape index (κ1) is 24.4. The molecule has 3 N–H and O–H groups in total. The third kappa shape index (κ3) is 5.94. The molecule has 37 heavy (non-hydrogen) atoms. The van der Waals surface area contributed by atoms with E-state index in [1.807, 2.05) is 36.4 Å². The van der Waals surface area contributed by atoms with Crippen molar-refractivity contribution in [2.24, 2.45) is 11.8 Å². The predicted molar refractivity (Wildman–Crippen MR) is 144 cm³/mol. The van der Waals surface area contributed by atoms with Gasteiger partial charge in [0.15, 0.2) is 0 Å². The molecule has 7 heteroatoms. The molecular weight excluding hydrogens is 467 g/mol. The first-order chi connectivity index (χ1) is 17.9. The molecule has 0 unspecified atom stereocenters. The van der Waals surface area contributed by atoms with Gasteiger partial charge < -0.3 is 15.6 Å². The van der Waals surface area contributed by atoms with Gasteiger partial charge in [0, 0.05) is 28.4 Å². The van der Waals surface area contributed by atoms with Crippen LogP contribution in [0.3, 0.4) is 0 Å². The third-order valence-corrected chi connectivity index (χ3v) is 6.95. The monoisotopic (exact) mass is 496 g/mol. The number of anilines is 2. The lowest BCUT2D eigenvalue weighted by Gasteiger charge is -2.25. The molecule has 1 aliphatic rings. The molecule has 188 valence electrons. The number of carbonyl (C=O) groups excluding carboxylic acids is 2. The van der Waals surface area contributed by atoms with E-state index in [2.05, 4.69) is 27.5 Å². The number of aromatic amines is 1. The number of rotatable bonds is 6. The molecule has 1 heterocycles. The van der Waals surface area contributed by atoms with Crippen LogP contribution in [0.1, 0.15) is 43.0 Å². The average Bonchev–Trinajstić information content (AvgIpc) is 3.41. The molecule has 0 aliphatic heterocycles. The van der Waals surface area contributed by atoms with Crippen molar-refractivity contribution in [1.29, 1.82) is 0 Å². The summed E-state index contributed by atoms with van der Waals surface area (Å²) in [5.74, 6) is 0.950. The maximum absolute atomic E-state index is 13.1. The Labute approximate surface area is 215 Å². The number of hydrogen-bond donors (Lipinski definition) is 3. The summed E-state index contributed by atoms with van der Waals surface area (Å²) >= 11 is 0. The summed E-state index contributed by atoms with van der Waals surface area (Å²) < 4.78 is 13.1. The summed E-state index contributed by atoms with van der Waals surface area (Å²) in [5.41, 5.74) is 4.51. The first-order valence-corrected chi connectivity index (χ1v) is 12.6. The number of aromatic nitrogens is 2. The number of H-pyrrole nitrogens is 1. The standard InChI is InChI=1S/C30H29FN4O2/c1-19-2-4-22(5-3-19)29(36)33-25-14-8-20(9-15-25)27-18-32-28(35-27)21-10-16-26(17-11-21)34-30(37)23-6-12-24(31)13-7-23/h6-19,22H,2-5H2,1H3,(H,32,35)(H,33,36)(H,34,37). The fourth-order valence-corrected chi connectivity index (χ4v) is 4.63. The lowest BCUT2D eigenvalue weighted by molar-refractivity contribution is -0.121. The number of nitrogens with zero attached hydrogens (tertiary/aromatic N) is 1. The highest BCUT2D eigenvalue weighted by Crippen LogP contribution is 2.30. The van der Waals surface area contributed by atoms with E-state index in [1.54, 1.807) is 18.3 Å². The Balaban J connectivity index is 1.20. The molecule has 0 bridgehead atoms. The van der Waals surface area contributed by atoms with Crippen molar-refractivity contribution in [2.45, 2.75) is 32.6 Å². The SMILES string of the molecule is CC1CCC(C(=O)Nc2ccc(-c3cnc(-c4ccc(NC(=O)c5ccc(F)cc5)cc4)[nH]3)cc2)CC1. The van der Waals surface area contributed by atoms with E-state index < -0.39 is 0 Å². The van der Waals surface area contributed by atoms with Gasteiger partial charge in [0.2, 0.25) is 5.91 Å². The maximum atomic E-state index is 13.1. The average molecular weight is 497 g/mol. The Bertz CT molecular complexity index is 1370. The molecule has 3 aromatic carbocycles. The Morgan fingerprint density at radius 1 is 0.811 bits per heavy atom. The number of imidazole rings is 1. The molecule has 0 saturated heterocycles. The van der Waals surface area contributed by atoms with Crippen molar-refractivity contribution in [1.82, 2.24) is 9.97 Å². The molecule has 0 radical (unpaired) electrons. The number of carbonyl (C=O) groups is 2. The maximum Gasteiger partial charge on any atom is 0.255 e. The van der Waals surface area contributed by atoms with E-state index in [0.29, 0.717) is 23.0 Å². The second kappa shape index (κ2) is 10.8. The van der Waals surface area contributed by atoms with Gasteiger partial charge in [-0.1, -0.05) is 19.1 Å². The fourth-order valence-electron chi connectivity index (χ4n) is 4.63. The van der Waals surface area contributed by atoms with Crippen LogP contribution in [0.4, 0.5) is 15.8 Å². The van der Waals surface area contributed by atoms with Crippen molar-refractivity contribution in [3.8, 4) is 22.6 Å². The zero-order valence-corrected chi connectivity index (χ0v) is 20.6. The van der Waals surface area contributed by atoms with Crippen LogP contribution >= 0.6 is 0 Å². The van der Waals surface area contributed by atoms with Crippen molar-refractivity contribution in [3.63, 3.8) is 0 Å². The zero-order valence-electron chi connectivity index (χ0n) is 20.6. The Kier molecular flexibility index (Phi) is 7.12. The number of benzene rings is 3. The van der Waals surface area contributed by atoms with Gasteiger partial charge in [0.25, 0.3) is 5.91 Å². The predicted octanol–water partition coefficient (Wildman–Crippen LogP) is 6.90. The second-order valence-electron chi connectivity index (χ2n) is 9.71. The molecule has 5 rings (SSSR count). The van der Waals surface area contributed by atoms with Crippen LogP contribution in [0.2, 0.25) is 0 Å². The molecule has 0 atom stereocenters. The largest absolute Gasteiger partial charge is 0.338 e. The normalized spacial score (nSPS) is 17.2. The summed E-state index contributed by atoms with van der Waals surface area (Å²) in [5, 5.41) is 5.86. The Hall–Kier alpha value is -4.26. The van der Waals surface area contributed by atoms with Gasteiger partial charge in [0.1, 0.15) is 11.6 Å². The minimum atomic E-state index is -0.384. The highest BCUT2D eigenvalue weighted by molar-refractivity contribution is 6.04. The lowest BCUT2D eigenvalue weighted by atomic mass is 9.82. The van der Waals surface area contributed by atoms with Crippen LogP contribution < -0.4 is 10.6 Å². The zero-order chi connectivity index (χ0) is 25.8. The molecule has 0 spiro atoms. The van der Waals surface area contributed by atoms with E-state index in [9.17, 15) is 14.0 Å². The summed E-state index contributed by atoms with van der Waals surface area (Å²) in [4.78, 5) is 32.8. The smallest absolute Gasteiger partial charge is 0.255 e. The molecular formula is C30H29FN4O2. The Morgan fingerprint density at radius 3 is 2.05 bits per heavy atom. The van der Waals surface area contributed by atoms with E-state index in [0.717, 1.165) is 48.2 Å². The topological polar surface area (TPSA) is 86.9 Å². The number of amides is 2. The minimum absolute atomic E-state index is 0.105. The number of hydrogen-bond acceptors (Lipinski definition) is 3. The second-order valence-corrected chi connectivity index (χ2v) is 9.71. The highest BCUT2D eigenvalue weighted by atomic mass is 19.1. The molecule has 1 aliphatic carbocycles. The van der Waals surface area contributed by atoms with Gasteiger partial charge in [-0.15, -0.1) is 0 Å². The van der Waals surface area contributed by atoms with Gasteiger partial charge >= 0.3 is 0 Å². The van der Waals surface area contributed by atoms with Gasteiger partial charge in [-0.25, -0.2) is 9.37 Å². The van der Waals surface area contributed by atoms with Crippen LogP contribution in [-0.2, 0) is 4.79 Å². The van der Waals surface area contributed by atoms with Gasteiger partial charge in [0.05, 0.1) is 11.9 Å². The third-order valence-electron chi connectivity index (χ3n) is 6.95. The van der Waals surface area contributed by atoms with Crippen LogP contribution in [-0.4, -0.2) is 21.8 Å². The van der Waals surface area contributed by atoms with E-state index in [1.165, 1.54) is 24.3 Å². The van der Waals surface area contributed by atoms with Crippen LogP contribution in [0, 0.1) is 17.7 Å². The fraction of sp³-hybridized carbons (Fsp3) is 0.233. The highest BCUT2D eigenvalue weighted by Gasteiger charge is 2.24. The van der Waals surface area contributed by atoms with Crippen molar-refractivity contribution >= 4 is 23.2 Å². The van der Waals surface area contributed by atoms with E-state index >= 15 is 0 Å². The van der Waals surface area contributed by atoms with Gasteiger partial charge in [-0.3, -0.25) is 9.59 Å². The van der Waals surface area contributed by atoms with Crippen molar-refractivity contribution in [2.75, 3.05) is 10.6 Å². The molecule has 1 saturated carbocycles. The van der Waals surface area contributed by atoms with Crippen LogP contribution in [0.5, 0.6) is 0 Å². The molecule has 2 amide bonds. The van der Waals surface area contributed by atoms with Crippen LogP contribution in [0.25, 0.3) is 22.6 Å². The van der Waals surface area contributed by atoms with E-state index in [4.69, 9.17) is 0 Å². The van der Waals surface area contributed by atoms with Crippen molar-refractivity contribution in [3.05, 3.63) is 90.4 Å². The number of nitrogens with one attached hydrogen (secondary N) is 3. The van der Waals surface area contributed by atoms with Gasteiger partial charge in [-0.05, 0) is 97.8 Å². The molecule has 4 aromatic rings. The summed E-state index contributed by atoms with van der Waals surface area (Å²) in [6.45, 7) is 2.25. The minimum Gasteiger partial charge on any atom is -0.338 e. The Morgan fingerprint density at radius 2 is 1.41 bits per heavy atom. The van der Waals surface area contributed by atoms with Gasteiger partial charge in [-0.2, -0.15) is 0 Å². The summed E-state index contributed by atoms with van der Waals surface area (Å²) in [6.07, 6.45) is 5.93. The number of halogens is 1. The van der Waals surface area contributed by atoms with Crippen molar-refractivity contribution < 1.29 is 14.0 Å². The quantitative estimate of drug-likeness (QED) is 0.271. The van der Waals surface area contributed by atoms with Crippen LogP contribution in [0.15, 0.2) is 79.0 Å². The summed E-state index contributed by atoms with van der Waals surface area (Å²) in [7, 11) is 0.